The molecule has 0 aliphatic heterocycles. The van der Waals surface area contributed by atoms with E-state index in [1.54, 1.807) is 0 Å². The Kier molecular flexibility index (Phi) is 7.62. The van der Waals surface area contributed by atoms with Crippen LogP contribution in [0.4, 0.5) is 5.69 Å². The smallest absolute Gasteiger partial charge is 0.228 e. The van der Waals surface area contributed by atoms with E-state index < -0.39 is 0 Å². The van der Waals surface area contributed by atoms with Crippen LogP contribution in [-0.2, 0) is 4.79 Å². The second-order valence-electron chi connectivity index (χ2n) is 3.77. The highest BCUT2D eigenvalue weighted by atomic mass is 127. The fourth-order valence-electron chi connectivity index (χ4n) is 1.07. The van der Waals surface area contributed by atoms with Crippen LogP contribution in [0.25, 0.3) is 0 Å². The lowest BCUT2D eigenvalue weighted by Crippen LogP contribution is -2.34. The van der Waals surface area contributed by atoms with Crippen molar-refractivity contribution in [3.05, 3.63) is 26.2 Å². The average molecular weight is 434 g/mol. The van der Waals surface area contributed by atoms with Crippen molar-refractivity contribution >= 4 is 62.5 Å². The Morgan fingerprint density at radius 1 is 1.47 bits per heavy atom. The Hall–Kier alpha value is 0.150. The van der Waals surface area contributed by atoms with E-state index in [0.717, 1.165) is 13.7 Å². The van der Waals surface area contributed by atoms with Crippen molar-refractivity contribution in [2.75, 3.05) is 5.32 Å². The maximum absolute atomic E-state index is 11.7. The number of benzene rings is 1. The van der Waals surface area contributed by atoms with E-state index in [2.05, 4.69) is 43.8 Å². The molecule has 3 N–H and O–H groups in total. The van der Waals surface area contributed by atoms with Gasteiger partial charge in [0.05, 0.1) is 5.92 Å². The summed E-state index contributed by atoms with van der Waals surface area (Å²) in [6.45, 7) is 3.65. The molecular formula is C11H15BrClIN2O. The van der Waals surface area contributed by atoms with Crippen LogP contribution in [0.1, 0.15) is 13.8 Å². The van der Waals surface area contributed by atoms with Gasteiger partial charge in [0.25, 0.3) is 0 Å². The molecule has 1 amide bonds. The third-order valence-corrected chi connectivity index (χ3v) is 4.71. The van der Waals surface area contributed by atoms with Crippen LogP contribution in [0, 0.1) is 9.49 Å². The van der Waals surface area contributed by atoms with Gasteiger partial charge in [-0.2, -0.15) is 0 Å². The Balaban J connectivity index is 0.00000256. The van der Waals surface area contributed by atoms with E-state index >= 15 is 0 Å². The van der Waals surface area contributed by atoms with Crippen molar-refractivity contribution < 1.29 is 4.79 Å². The molecule has 0 aliphatic rings. The number of halogens is 3. The highest BCUT2D eigenvalue weighted by Crippen LogP contribution is 2.22. The van der Waals surface area contributed by atoms with Gasteiger partial charge in [0, 0.05) is 19.8 Å². The first-order valence-corrected chi connectivity index (χ1v) is 6.80. The zero-order valence-electron chi connectivity index (χ0n) is 9.54. The van der Waals surface area contributed by atoms with Crippen LogP contribution in [0.15, 0.2) is 22.7 Å². The molecule has 2 unspecified atom stereocenters. The first kappa shape index (κ1) is 17.2. The monoisotopic (exact) mass is 432 g/mol. The van der Waals surface area contributed by atoms with Gasteiger partial charge in [-0.05, 0) is 63.6 Å². The van der Waals surface area contributed by atoms with Gasteiger partial charge in [0.1, 0.15) is 0 Å². The standard InChI is InChI=1S/C11H14BrIN2O.ClH/c1-6(7(2)14)11(16)15-8-3-4-9(12)10(13)5-8;/h3-7H,14H2,1-2H3,(H,15,16);1H. The molecule has 0 aromatic heterocycles. The molecule has 0 heterocycles. The van der Waals surface area contributed by atoms with E-state index in [1.807, 2.05) is 32.0 Å². The predicted octanol–water partition coefficient (Wildman–Crippen LogP) is 3.40. The zero-order chi connectivity index (χ0) is 12.3. The number of nitrogens with one attached hydrogen (secondary N) is 1. The van der Waals surface area contributed by atoms with Gasteiger partial charge in [-0.3, -0.25) is 4.79 Å². The van der Waals surface area contributed by atoms with E-state index in [4.69, 9.17) is 5.73 Å². The molecule has 96 valence electrons. The van der Waals surface area contributed by atoms with Gasteiger partial charge in [0.15, 0.2) is 0 Å². The van der Waals surface area contributed by atoms with Gasteiger partial charge in [-0.25, -0.2) is 0 Å². The van der Waals surface area contributed by atoms with E-state index in [0.29, 0.717) is 0 Å². The number of nitrogens with two attached hydrogens (primary N) is 1. The molecule has 17 heavy (non-hydrogen) atoms. The number of hydrogen-bond acceptors (Lipinski definition) is 2. The first-order chi connectivity index (χ1) is 7.41. The normalized spacial score (nSPS) is 13.5. The molecule has 0 saturated heterocycles. The first-order valence-electron chi connectivity index (χ1n) is 4.93. The number of carbonyl (C=O) groups excluding carboxylic acids is 1. The molecule has 3 nitrogen and oxygen atoms in total. The summed E-state index contributed by atoms with van der Waals surface area (Å²) < 4.78 is 2.08. The molecule has 1 aromatic carbocycles. The summed E-state index contributed by atoms with van der Waals surface area (Å²) in [5.41, 5.74) is 6.47. The Morgan fingerprint density at radius 2 is 2.06 bits per heavy atom. The summed E-state index contributed by atoms with van der Waals surface area (Å²) in [5.74, 6) is -0.241. The van der Waals surface area contributed by atoms with Crippen molar-refractivity contribution in [1.82, 2.24) is 0 Å². The average Bonchev–Trinajstić information content (AvgIpc) is 2.22. The van der Waals surface area contributed by atoms with Crippen LogP contribution in [0.2, 0.25) is 0 Å². The Bertz CT molecular complexity index is 401. The quantitative estimate of drug-likeness (QED) is 0.718. The topological polar surface area (TPSA) is 55.1 Å². The Morgan fingerprint density at radius 3 is 2.53 bits per heavy atom. The van der Waals surface area contributed by atoms with Crippen molar-refractivity contribution in [2.45, 2.75) is 19.9 Å². The highest BCUT2D eigenvalue weighted by Gasteiger charge is 2.17. The lowest BCUT2D eigenvalue weighted by atomic mass is 10.0. The zero-order valence-corrected chi connectivity index (χ0v) is 14.1. The number of carbonyl (C=O) groups is 1. The molecule has 0 saturated carbocycles. The van der Waals surface area contributed by atoms with Crippen LogP contribution in [0.3, 0.4) is 0 Å². The summed E-state index contributed by atoms with van der Waals surface area (Å²) in [6.07, 6.45) is 0. The summed E-state index contributed by atoms with van der Waals surface area (Å²) in [5, 5.41) is 2.85. The van der Waals surface area contributed by atoms with Crippen LogP contribution < -0.4 is 11.1 Å². The summed E-state index contributed by atoms with van der Waals surface area (Å²) >= 11 is 5.61. The number of rotatable bonds is 3. The van der Waals surface area contributed by atoms with Gasteiger partial charge < -0.3 is 11.1 Å². The maximum Gasteiger partial charge on any atom is 0.228 e. The molecule has 1 aromatic rings. The van der Waals surface area contributed by atoms with E-state index in [-0.39, 0.29) is 30.3 Å². The minimum Gasteiger partial charge on any atom is -0.327 e. The van der Waals surface area contributed by atoms with E-state index in [1.165, 1.54) is 0 Å². The van der Waals surface area contributed by atoms with Crippen LogP contribution >= 0.6 is 50.9 Å². The second-order valence-corrected chi connectivity index (χ2v) is 5.78. The number of hydrogen-bond donors (Lipinski definition) is 2. The number of anilines is 1. The molecule has 0 bridgehead atoms. The fraction of sp³-hybridized carbons (Fsp3) is 0.364. The van der Waals surface area contributed by atoms with Crippen LogP contribution in [-0.4, -0.2) is 11.9 Å². The van der Waals surface area contributed by atoms with Crippen molar-refractivity contribution in [2.24, 2.45) is 11.7 Å². The van der Waals surface area contributed by atoms with Gasteiger partial charge in [-0.15, -0.1) is 12.4 Å². The molecule has 0 spiro atoms. The van der Waals surface area contributed by atoms with Gasteiger partial charge in [0.2, 0.25) is 5.91 Å². The maximum atomic E-state index is 11.7. The molecule has 0 radical (unpaired) electrons. The predicted molar refractivity (Wildman–Crippen MR) is 85.6 cm³/mol. The minimum atomic E-state index is -0.193. The van der Waals surface area contributed by atoms with Crippen molar-refractivity contribution in [1.29, 1.82) is 0 Å². The lowest BCUT2D eigenvalue weighted by Gasteiger charge is -2.15. The minimum absolute atomic E-state index is 0. The molecule has 6 heteroatoms. The van der Waals surface area contributed by atoms with Gasteiger partial charge >= 0.3 is 0 Å². The van der Waals surface area contributed by atoms with Crippen LogP contribution in [0.5, 0.6) is 0 Å². The highest BCUT2D eigenvalue weighted by molar-refractivity contribution is 14.1. The largest absolute Gasteiger partial charge is 0.327 e. The third-order valence-electron chi connectivity index (χ3n) is 2.39. The molecule has 2 atom stereocenters. The van der Waals surface area contributed by atoms with E-state index in [9.17, 15) is 4.79 Å². The molecule has 0 fully saturated rings. The van der Waals surface area contributed by atoms with Gasteiger partial charge in [-0.1, -0.05) is 6.92 Å². The number of amides is 1. The third kappa shape index (κ3) is 5.11. The summed E-state index contributed by atoms with van der Waals surface area (Å²) in [7, 11) is 0. The fourth-order valence-corrected chi connectivity index (χ4v) is 1.83. The SMILES string of the molecule is CC(N)C(C)C(=O)Nc1ccc(Br)c(I)c1.Cl. The molecule has 1 rings (SSSR count). The molecular weight excluding hydrogens is 418 g/mol. The molecule has 0 aliphatic carbocycles. The lowest BCUT2D eigenvalue weighted by molar-refractivity contribution is -0.119. The second kappa shape index (κ2) is 7.56. The van der Waals surface area contributed by atoms with Crippen molar-refractivity contribution in [3.8, 4) is 0 Å². The van der Waals surface area contributed by atoms with Crippen molar-refractivity contribution in [3.63, 3.8) is 0 Å². The summed E-state index contributed by atoms with van der Waals surface area (Å²) in [6, 6.07) is 5.54. The summed E-state index contributed by atoms with van der Waals surface area (Å²) in [4.78, 5) is 11.7. The Labute approximate surface area is 130 Å².